The lowest BCUT2D eigenvalue weighted by Gasteiger charge is -2.13. The van der Waals surface area contributed by atoms with Crippen LogP contribution in [-0.4, -0.2) is 21.6 Å². The molecule has 4 aromatic rings. The second-order valence-corrected chi connectivity index (χ2v) is 7.07. The molecule has 0 radical (unpaired) electrons. The summed E-state index contributed by atoms with van der Waals surface area (Å²) in [7, 11) is 1.54. The van der Waals surface area contributed by atoms with E-state index in [1.165, 1.54) is 5.56 Å². The van der Waals surface area contributed by atoms with Crippen LogP contribution in [0.15, 0.2) is 54.7 Å². The minimum absolute atomic E-state index is 0.106. The number of phenolic OH excluding ortho intramolecular Hbond substituents is 1. The molecule has 2 N–H and O–H groups in total. The average Bonchev–Trinajstić information content (AvgIpc) is 3.01. The molecule has 0 aliphatic heterocycles. The minimum atomic E-state index is 0.106. The number of aromatic hydroxyl groups is 1. The Morgan fingerprint density at radius 2 is 1.75 bits per heavy atom. The van der Waals surface area contributed by atoms with Gasteiger partial charge in [0.25, 0.3) is 0 Å². The maximum atomic E-state index is 9.96. The molecule has 2 aromatic carbocycles. The number of aryl methyl sites for hydroxylation is 3. The van der Waals surface area contributed by atoms with Gasteiger partial charge in [0.15, 0.2) is 11.5 Å². The number of fused-ring (bicyclic) bond motifs is 1. The van der Waals surface area contributed by atoms with Gasteiger partial charge < -0.3 is 15.2 Å². The van der Waals surface area contributed by atoms with Crippen LogP contribution in [0.4, 0.5) is 11.5 Å². The third-order valence-electron chi connectivity index (χ3n) is 4.87. The Bertz CT molecular complexity index is 1180. The van der Waals surface area contributed by atoms with Gasteiger partial charge in [0.05, 0.1) is 7.11 Å². The van der Waals surface area contributed by atoms with E-state index in [4.69, 9.17) is 9.72 Å². The number of methoxy groups -OCH3 is 1. The van der Waals surface area contributed by atoms with E-state index in [0.29, 0.717) is 5.75 Å². The molecule has 5 nitrogen and oxygen atoms in total. The number of nitrogens with one attached hydrogen (secondary N) is 1. The molecule has 0 fully saturated rings. The van der Waals surface area contributed by atoms with E-state index in [0.717, 1.165) is 39.5 Å². The number of phenols is 1. The number of nitrogens with zero attached hydrogens (tertiary/aromatic N) is 2. The van der Waals surface area contributed by atoms with Gasteiger partial charge >= 0.3 is 0 Å². The van der Waals surface area contributed by atoms with Gasteiger partial charge in [0, 0.05) is 17.4 Å². The molecule has 0 amide bonds. The fourth-order valence-electron chi connectivity index (χ4n) is 3.37. The first kappa shape index (κ1) is 17.9. The Hall–Kier alpha value is -3.47. The Balaban J connectivity index is 1.91. The quantitative estimate of drug-likeness (QED) is 0.504. The zero-order valence-corrected chi connectivity index (χ0v) is 16.4. The lowest BCUT2D eigenvalue weighted by Crippen LogP contribution is -1.99. The molecule has 0 aliphatic rings. The predicted octanol–water partition coefficient (Wildman–Crippen LogP) is 5.38. The molecule has 4 rings (SSSR count). The number of hydrogen-bond acceptors (Lipinski definition) is 4. The van der Waals surface area contributed by atoms with Crippen LogP contribution in [0.2, 0.25) is 0 Å². The summed E-state index contributed by atoms with van der Waals surface area (Å²) in [6.07, 6.45) is 2.02. The summed E-state index contributed by atoms with van der Waals surface area (Å²) in [6.45, 7) is 6.23. The van der Waals surface area contributed by atoms with Crippen LogP contribution >= 0.6 is 0 Å². The molecule has 0 bridgehead atoms. The minimum Gasteiger partial charge on any atom is -0.504 e. The lowest BCUT2D eigenvalue weighted by atomic mass is 10.1. The topological polar surface area (TPSA) is 58.8 Å². The monoisotopic (exact) mass is 373 g/mol. The maximum Gasteiger partial charge on any atom is 0.161 e. The smallest absolute Gasteiger partial charge is 0.161 e. The molecule has 2 heterocycles. The summed E-state index contributed by atoms with van der Waals surface area (Å²) >= 11 is 0. The summed E-state index contributed by atoms with van der Waals surface area (Å²) < 4.78 is 7.33. The lowest BCUT2D eigenvalue weighted by molar-refractivity contribution is 0.373. The standard InChI is InChI=1S/C23H23N3O2/c1-14-5-7-18(16(3)11-14)24-23-22(17-6-8-19(27)20(13-17)28-4)25-21-12-15(2)9-10-26(21)23/h5-13,24,27H,1-4H3. The fourth-order valence-corrected chi connectivity index (χ4v) is 3.37. The first-order chi connectivity index (χ1) is 13.5. The summed E-state index contributed by atoms with van der Waals surface area (Å²) in [5, 5.41) is 13.5. The number of aromatic nitrogens is 2. The number of benzene rings is 2. The van der Waals surface area contributed by atoms with Crippen molar-refractivity contribution < 1.29 is 9.84 Å². The maximum absolute atomic E-state index is 9.96. The predicted molar refractivity (Wildman–Crippen MR) is 113 cm³/mol. The molecule has 5 heteroatoms. The highest BCUT2D eigenvalue weighted by Crippen LogP contribution is 2.36. The van der Waals surface area contributed by atoms with Crippen LogP contribution < -0.4 is 10.1 Å². The molecule has 28 heavy (non-hydrogen) atoms. The Morgan fingerprint density at radius 1 is 0.964 bits per heavy atom. The number of rotatable bonds is 4. The van der Waals surface area contributed by atoms with Crippen molar-refractivity contribution in [3.63, 3.8) is 0 Å². The fraction of sp³-hybridized carbons (Fsp3) is 0.174. The second kappa shape index (κ2) is 6.93. The van der Waals surface area contributed by atoms with Crippen LogP contribution in [0.5, 0.6) is 11.5 Å². The molecule has 0 spiro atoms. The van der Waals surface area contributed by atoms with Gasteiger partial charge in [-0.1, -0.05) is 17.7 Å². The van der Waals surface area contributed by atoms with Crippen LogP contribution in [0.1, 0.15) is 16.7 Å². The van der Waals surface area contributed by atoms with Gasteiger partial charge in [-0.05, 0) is 68.3 Å². The van der Waals surface area contributed by atoms with Crippen molar-refractivity contribution >= 4 is 17.2 Å². The molecule has 0 saturated heterocycles. The van der Waals surface area contributed by atoms with Gasteiger partial charge in [0.1, 0.15) is 17.2 Å². The number of pyridine rings is 1. The molecular weight excluding hydrogens is 350 g/mol. The van der Waals surface area contributed by atoms with Gasteiger partial charge in [-0.2, -0.15) is 0 Å². The van der Waals surface area contributed by atoms with Gasteiger partial charge in [0.2, 0.25) is 0 Å². The highest BCUT2D eigenvalue weighted by atomic mass is 16.5. The van der Waals surface area contributed by atoms with E-state index >= 15 is 0 Å². The molecule has 0 atom stereocenters. The van der Waals surface area contributed by atoms with Crippen LogP contribution in [-0.2, 0) is 0 Å². The van der Waals surface area contributed by atoms with Crippen molar-refractivity contribution in [2.45, 2.75) is 20.8 Å². The second-order valence-electron chi connectivity index (χ2n) is 7.07. The number of imidazole rings is 1. The Labute approximate surface area is 164 Å². The summed E-state index contributed by atoms with van der Waals surface area (Å²) in [5.74, 6) is 1.40. The van der Waals surface area contributed by atoms with Crippen molar-refractivity contribution in [1.82, 2.24) is 9.38 Å². The SMILES string of the molecule is COc1cc(-c2nc3cc(C)ccn3c2Nc2ccc(C)cc2C)ccc1O. The molecular formula is C23H23N3O2. The van der Waals surface area contributed by atoms with E-state index in [9.17, 15) is 5.11 Å². The van der Waals surface area contributed by atoms with E-state index in [2.05, 4.69) is 50.4 Å². The van der Waals surface area contributed by atoms with Crippen LogP contribution in [0.25, 0.3) is 16.9 Å². The van der Waals surface area contributed by atoms with Crippen LogP contribution in [0.3, 0.4) is 0 Å². The van der Waals surface area contributed by atoms with Crippen LogP contribution in [0, 0.1) is 20.8 Å². The molecule has 142 valence electrons. The van der Waals surface area contributed by atoms with Crippen molar-refractivity contribution in [3.8, 4) is 22.8 Å². The van der Waals surface area contributed by atoms with E-state index < -0.39 is 0 Å². The number of ether oxygens (including phenoxy) is 1. The molecule has 0 aliphatic carbocycles. The average molecular weight is 373 g/mol. The highest BCUT2D eigenvalue weighted by Gasteiger charge is 2.17. The van der Waals surface area contributed by atoms with Crippen molar-refractivity contribution in [3.05, 3.63) is 71.4 Å². The Kier molecular flexibility index (Phi) is 4.43. The number of anilines is 2. The zero-order valence-electron chi connectivity index (χ0n) is 16.4. The summed E-state index contributed by atoms with van der Waals surface area (Å²) in [4.78, 5) is 4.86. The van der Waals surface area contributed by atoms with Gasteiger partial charge in [-0.3, -0.25) is 4.40 Å². The van der Waals surface area contributed by atoms with E-state index in [1.807, 2.05) is 22.7 Å². The first-order valence-electron chi connectivity index (χ1n) is 9.16. The van der Waals surface area contributed by atoms with Crippen molar-refractivity contribution in [1.29, 1.82) is 0 Å². The summed E-state index contributed by atoms with van der Waals surface area (Å²) in [5.41, 5.74) is 7.07. The van der Waals surface area contributed by atoms with Crippen molar-refractivity contribution in [2.75, 3.05) is 12.4 Å². The number of hydrogen-bond donors (Lipinski definition) is 2. The largest absolute Gasteiger partial charge is 0.504 e. The van der Waals surface area contributed by atoms with Crippen molar-refractivity contribution in [2.24, 2.45) is 0 Å². The van der Waals surface area contributed by atoms with E-state index in [-0.39, 0.29) is 5.75 Å². The summed E-state index contributed by atoms with van der Waals surface area (Å²) in [6, 6.07) is 15.7. The molecule has 0 saturated carbocycles. The van der Waals surface area contributed by atoms with Gasteiger partial charge in [-0.15, -0.1) is 0 Å². The van der Waals surface area contributed by atoms with E-state index in [1.54, 1.807) is 19.2 Å². The highest BCUT2D eigenvalue weighted by molar-refractivity contribution is 5.81. The van der Waals surface area contributed by atoms with Gasteiger partial charge in [-0.25, -0.2) is 4.98 Å². The third kappa shape index (κ3) is 3.16. The normalized spacial score (nSPS) is 11.0. The Morgan fingerprint density at radius 3 is 2.50 bits per heavy atom. The zero-order chi connectivity index (χ0) is 19.8. The first-order valence-corrected chi connectivity index (χ1v) is 9.16. The molecule has 2 aromatic heterocycles. The third-order valence-corrected chi connectivity index (χ3v) is 4.87. The molecule has 0 unspecified atom stereocenters.